The van der Waals surface area contributed by atoms with E-state index in [1.165, 1.54) is 4.90 Å². The first-order chi connectivity index (χ1) is 16.8. The average Bonchev–Trinajstić information content (AvgIpc) is 3.20. The Morgan fingerprint density at radius 1 is 1.06 bits per heavy atom. The predicted octanol–water partition coefficient (Wildman–Crippen LogP) is 3.92. The minimum absolute atomic E-state index is 0.149. The number of fused-ring (bicyclic) bond motifs is 1. The van der Waals surface area contributed by atoms with Gasteiger partial charge in [-0.25, -0.2) is 13.1 Å². The Labute approximate surface area is 212 Å². The molecule has 36 heavy (non-hydrogen) atoms. The molecule has 0 fully saturated rings. The number of carbonyl (C=O) groups excluding carboxylic acids is 2. The number of ketones is 1. The lowest BCUT2D eigenvalue weighted by molar-refractivity contribution is -0.131. The SMILES string of the molecule is COc1c(-c2ccc3c(c2)CC=C3CNS(C)(=O)=O)cc(C2=CN(C)C(=O)CC2=O)cc1C(C)(C)C. The van der Waals surface area contributed by atoms with Crippen molar-refractivity contribution in [2.45, 2.75) is 39.0 Å². The number of hydrogen-bond donors (Lipinski definition) is 1. The van der Waals surface area contributed by atoms with Gasteiger partial charge in [0, 0.05) is 36.5 Å². The van der Waals surface area contributed by atoms with Gasteiger partial charge in [0.1, 0.15) is 5.75 Å². The van der Waals surface area contributed by atoms with E-state index >= 15 is 0 Å². The molecule has 0 saturated heterocycles. The number of benzene rings is 2. The normalized spacial score (nSPS) is 16.1. The second-order valence-electron chi connectivity index (χ2n) is 10.4. The Morgan fingerprint density at radius 2 is 1.78 bits per heavy atom. The number of carbonyl (C=O) groups is 2. The van der Waals surface area contributed by atoms with Gasteiger partial charge in [0.2, 0.25) is 15.9 Å². The molecule has 1 heterocycles. The van der Waals surface area contributed by atoms with Gasteiger partial charge in [-0.2, -0.15) is 0 Å². The number of nitrogens with zero attached hydrogens (tertiary/aromatic N) is 1. The molecule has 1 N–H and O–H groups in total. The Bertz CT molecular complexity index is 1430. The lowest BCUT2D eigenvalue weighted by Gasteiger charge is -2.27. The van der Waals surface area contributed by atoms with Crippen LogP contribution in [0.25, 0.3) is 22.3 Å². The molecule has 1 aliphatic heterocycles. The summed E-state index contributed by atoms with van der Waals surface area (Å²) in [7, 11) is 0.0230. The van der Waals surface area contributed by atoms with Crippen molar-refractivity contribution in [3.63, 3.8) is 0 Å². The highest BCUT2D eigenvalue weighted by atomic mass is 32.2. The van der Waals surface area contributed by atoms with Gasteiger partial charge in [0.15, 0.2) is 5.78 Å². The molecule has 0 bridgehead atoms. The van der Waals surface area contributed by atoms with E-state index in [0.717, 1.165) is 51.0 Å². The molecule has 1 aliphatic carbocycles. The Morgan fingerprint density at radius 3 is 2.42 bits per heavy atom. The number of hydrogen-bond acceptors (Lipinski definition) is 5. The van der Waals surface area contributed by atoms with Crippen molar-refractivity contribution in [3.05, 3.63) is 64.9 Å². The van der Waals surface area contributed by atoms with Gasteiger partial charge in [-0.1, -0.05) is 45.0 Å². The molecule has 1 amide bonds. The summed E-state index contributed by atoms with van der Waals surface area (Å²) in [5.41, 5.74) is 6.81. The molecule has 190 valence electrons. The molecule has 0 atom stereocenters. The molecule has 2 aliphatic rings. The molecular weight excluding hydrogens is 476 g/mol. The summed E-state index contributed by atoms with van der Waals surface area (Å²) in [5.74, 6) is 0.320. The van der Waals surface area contributed by atoms with Crippen LogP contribution in [0.2, 0.25) is 0 Å². The number of sulfonamides is 1. The van der Waals surface area contributed by atoms with Crippen molar-refractivity contribution in [2.75, 3.05) is 27.0 Å². The largest absolute Gasteiger partial charge is 0.496 e. The van der Waals surface area contributed by atoms with Crippen LogP contribution in [0, 0.1) is 0 Å². The maximum absolute atomic E-state index is 12.8. The third-order valence-electron chi connectivity index (χ3n) is 6.60. The monoisotopic (exact) mass is 508 g/mol. The van der Waals surface area contributed by atoms with Crippen molar-refractivity contribution < 1.29 is 22.7 Å². The van der Waals surface area contributed by atoms with Gasteiger partial charge in [-0.3, -0.25) is 9.59 Å². The van der Waals surface area contributed by atoms with E-state index in [2.05, 4.69) is 31.6 Å². The van der Waals surface area contributed by atoms with Gasteiger partial charge in [0.05, 0.1) is 19.8 Å². The Balaban J connectivity index is 1.83. The summed E-state index contributed by atoms with van der Waals surface area (Å²) < 4.78 is 31.6. The van der Waals surface area contributed by atoms with E-state index in [1.54, 1.807) is 20.4 Å². The van der Waals surface area contributed by atoms with Gasteiger partial charge in [-0.15, -0.1) is 0 Å². The van der Waals surface area contributed by atoms with Crippen LogP contribution >= 0.6 is 0 Å². The number of allylic oxidation sites excluding steroid dienone is 2. The molecule has 7 nitrogen and oxygen atoms in total. The molecule has 0 saturated carbocycles. The average molecular weight is 509 g/mol. The fraction of sp³-hybridized carbons (Fsp3) is 0.357. The minimum atomic E-state index is -3.29. The van der Waals surface area contributed by atoms with Crippen LogP contribution in [0.15, 0.2) is 42.6 Å². The first-order valence-electron chi connectivity index (χ1n) is 11.8. The number of rotatable bonds is 6. The lowest BCUT2D eigenvalue weighted by atomic mass is 9.81. The predicted molar refractivity (Wildman–Crippen MR) is 142 cm³/mol. The lowest BCUT2D eigenvalue weighted by Crippen LogP contribution is -2.29. The van der Waals surface area contributed by atoms with Crippen LogP contribution in [-0.2, 0) is 31.4 Å². The molecule has 0 radical (unpaired) electrons. The number of methoxy groups -OCH3 is 1. The molecule has 4 rings (SSSR count). The summed E-state index contributed by atoms with van der Waals surface area (Å²) in [5, 5.41) is 0. The fourth-order valence-electron chi connectivity index (χ4n) is 4.67. The zero-order valence-electron chi connectivity index (χ0n) is 21.6. The highest BCUT2D eigenvalue weighted by Crippen LogP contribution is 2.43. The summed E-state index contributed by atoms with van der Waals surface area (Å²) >= 11 is 0. The summed E-state index contributed by atoms with van der Waals surface area (Å²) in [6.07, 6.45) is 5.36. The first kappa shape index (κ1) is 25.9. The summed E-state index contributed by atoms with van der Waals surface area (Å²) in [6.45, 7) is 6.54. The van der Waals surface area contributed by atoms with E-state index in [9.17, 15) is 18.0 Å². The van der Waals surface area contributed by atoms with E-state index < -0.39 is 10.0 Å². The van der Waals surface area contributed by atoms with Crippen LogP contribution in [0.1, 0.15) is 49.4 Å². The minimum Gasteiger partial charge on any atom is -0.496 e. The van der Waals surface area contributed by atoms with Crippen LogP contribution in [0.5, 0.6) is 5.75 Å². The molecule has 2 aromatic rings. The maximum Gasteiger partial charge on any atom is 0.234 e. The number of amides is 1. The summed E-state index contributed by atoms with van der Waals surface area (Å²) in [6, 6.07) is 10.0. The van der Waals surface area contributed by atoms with E-state index in [4.69, 9.17) is 4.74 Å². The van der Waals surface area contributed by atoms with Gasteiger partial charge in [-0.05, 0) is 51.8 Å². The van der Waals surface area contributed by atoms with Gasteiger partial charge in [0.25, 0.3) is 0 Å². The number of ether oxygens (including phenoxy) is 1. The third kappa shape index (κ3) is 5.15. The second kappa shape index (κ2) is 9.33. The zero-order chi connectivity index (χ0) is 26.4. The molecule has 0 spiro atoms. The third-order valence-corrected chi connectivity index (χ3v) is 7.26. The highest BCUT2D eigenvalue weighted by Gasteiger charge is 2.29. The van der Waals surface area contributed by atoms with Crippen LogP contribution < -0.4 is 9.46 Å². The summed E-state index contributed by atoms with van der Waals surface area (Å²) in [4.78, 5) is 26.3. The fourth-order valence-corrected chi connectivity index (χ4v) is 5.09. The standard InChI is InChI=1S/C28H32N2O5S/c1-28(2,3)24-13-20(23-16-30(4)26(32)14-25(23)31)12-22(27(24)35-5)18-9-10-21-17(11-18)7-8-19(21)15-29-36(6,33)34/h8-13,16,29H,7,14-15H2,1-6H3. The maximum atomic E-state index is 12.8. The van der Waals surface area contributed by atoms with E-state index in [-0.39, 0.29) is 30.1 Å². The quantitative estimate of drug-likeness (QED) is 0.597. The van der Waals surface area contributed by atoms with Crippen LogP contribution in [0.4, 0.5) is 0 Å². The van der Waals surface area contributed by atoms with Crippen molar-refractivity contribution in [3.8, 4) is 16.9 Å². The van der Waals surface area contributed by atoms with Crippen molar-refractivity contribution in [1.29, 1.82) is 0 Å². The molecule has 0 aromatic heterocycles. The number of nitrogens with one attached hydrogen (secondary N) is 1. The van der Waals surface area contributed by atoms with Crippen LogP contribution in [-0.4, -0.2) is 52.0 Å². The second-order valence-corrected chi connectivity index (χ2v) is 12.2. The highest BCUT2D eigenvalue weighted by molar-refractivity contribution is 7.88. The Kier molecular flexibility index (Phi) is 6.70. The molecule has 0 unspecified atom stereocenters. The Hall–Kier alpha value is -3.23. The van der Waals surface area contributed by atoms with E-state index in [1.807, 2.05) is 30.3 Å². The number of Topliss-reactive ketones (excluding diaryl/α,β-unsaturated/α-hetero) is 1. The smallest absolute Gasteiger partial charge is 0.234 e. The zero-order valence-corrected chi connectivity index (χ0v) is 22.4. The first-order valence-corrected chi connectivity index (χ1v) is 13.7. The van der Waals surface area contributed by atoms with Gasteiger partial charge >= 0.3 is 0 Å². The van der Waals surface area contributed by atoms with Crippen molar-refractivity contribution in [1.82, 2.24) is 9.62 Å². The molecule has 2 aromatic carbocycles. The van der Waals surface area contributed by atoms with Gasteiger partial charge < -0.3 is 9.64 Å². The van der Waals surface area contributed by atoms with Crippen molar-refractivity contribution >= 4 is 32.9 Å². The molecular formula is C28H32N2O5S. The van der Waals surface area contributed by atoms with Crippen LogP contribution in [0.3, 0.4) is 0 Å². The van der Waals surface area contributed by atoms with Crippen molar-refractivity contribution in [2.24, 2.45) is 0 Å². The molecule has 8 heteroatoms. The topological polar surface area (TPSA) is 92.8 Å². The van der Waals surface area contributed by atoms with E-state index in [0.29, 0.717) is 12.0 Å².